The van der Waals surface area contributed by atoms with Gasteiger partial charge in [0, 0.05) is 19.1 Å². The summed E-state index contributed by atoms with van der Waals surface area (Å²) in [6.07, 6.45) is 2.06. The molecule has 3 heteroatoms. The van der Waals surface area contributed by atoms with Crippen molar-refractivity contribution in [2.24, 2.45) is 0 Å². The molecule has 2 nitrogen and oxygen atoms in total. The van der Waals surface area contributed by atoms with Crippen LogP contribution in [0.15, 0.2) is 18.2 Å². The fourth-order valence-corrected chi connectivity index (χ4v) is 2.25. The van der Waals surface area contributed by atoms with Crippen LogP contribution >= 0.6 is 0 Å². The van der Waals surface area contributed by atoms with Gasteiger partial charge in [0.25, 0.3) is 0 Å². The molecule has 0 radical (unpaired) electrons. The predicted octanol–water partition coefficient (Wildman–Crippen LogP) is 3.73. The Labute approximate surface area is 110 Å². The number of halogens is 1. The molecular weight excluding hydrogens is 227 g/mol. The maximum atomic E-state index is 14.2. The third kappa shape index (κ3) is 3.45. The highest BCUT2D eigenvalue weighted by molar-refractivity contribution is 5.56. The van der Waals surface area contributed by atoms with E-state index >= 15 is 0 Å². The summed E-state index contributed by atoms with van der Waals surface area (Å²) in [6, 6.07) is 5.52. The highest BCUT2D eigenvalue weighted by Gasteiger charge is 2.17. The maximum Gasteiger partial charge on any atom is 0.146 e. The molecule has 0 heterocycles. The van der Waals surface area contributed by atoms with Gasteiger partial charge in [0.1, 0.15) is 5.82 Å². The van der Waals surface area contributed by atoms with E-state index in [0.717, 1.165) is 37.2 Å². The van der Waals surface area contributed by atoms with Crippen molar-refractivity contribution in [3.63, 3.8) is 0 Å². The van der Waals surface area contributed by atoms with Gasteiger partial charge in [0.15, 0.2) is 0 Å². The van der Waals surface area contributed by atoms with Crippen molar-refractivity contribution < 1.29 is 4.39 Å². The van der Waals surface area contributed by atoms with E-state index < -0.39 is 0 Å². The first kappa shape index (κ1) is 15.0. The van der Waals surface area contributed by atoms with E-state index in [-0.39, 0.29) is 11.9 Å². The van der Waals surface area contributed by atoms with Crippen molar-refractivity contribution in [1.82, 2.24) is 5.32 Å². The molecule has 0 saturated heterocycles. The van der Waals surface area contributed by atoms with Crippen molar-refractivity contribution in [2.75, 3.05) is 25.0 Å². The van der Waals surface area contributed by atoms with Gasteiger partial charge in [-0.05, 0) is 38.4 Å². The lowest BCUT2D eigenvalue weighted by Crippen LogP contribution is -2.28. The minimum absolute atomic E-state index is 0.114. The zero-order valence-corrected chi connectivity index (χ0v) is 12.0. The summed E-state index contributed by atoms with van der Waals surface area (Å²) in [7, 11) is 1.91. The first-order valence-electron chi connectivity index (χ1n) is 6.86. The summed E-state index contributed by atoms with van der Waals surface area (Å²) in [5, 5.41) is 3.19. The fraction of sp³-hybridized carbons (Fsp3) is 0.600. The summed E-state index contributed by atoms with van der Waals surface area (Å²) in [5.41, 5.74) is 1.81. The maximum absolute atomic E-state index is 14.2. The molecule has 0 fully saturated rings. The molecule has 0 bridgehead atoms. The third-order valence-electron chi connectivity index (χ3n) is 3.22. The molecule has 0 aliphatic carbocycles. The Morgan fingerprint density at radius 1 is 1.22 bits per heavy atom. The van der Waals surface area contributed by atoms with Crippen LogP contribution in [0.4, 0.5) is 10.1 Å². The van der Waals surface area contributed by atoms with Crippen molar-refractivity contribution in [3.05, 3.63) is 29.6 Å². The Balaban J connectivity index is 3.16. The van der Waals surface area contributed by atoms with Crippen molar-refractivity contribution in [1.29, 1.82) is 0 Å². The molecule has 1 atom stereocenters. The smallest absolute Gasteiger partial charge is 0.146 e. The Morgan fingerprint density at radius 3 is 2.33 bits per heavy atom. The van der Waals surface area contributed by atoms with Crippen LogP contribution in [0.2, 0.25) is 0 Å². The number of benzene rings is 1. The number of nitrogens with zero attached hydrogens (tertiary/aromatic N) is 1. The molecule has 1 unspecified atom stereocenters. The molecule has 1 rings (SSSR count). The SMILES string of the molecule is CCCN(CCC)c1c(F)cccc1C(C)NC. The van der Waals surface area contributed by atoms with Crippen molar-refractivity contribution in [2.45, 2.75) is 39.7 Å². The van der Waals surface area contributed by atoms with E-state index in [2.05, 4.69) is 31.0 Å². The molecule has 1 N–H and O–H groups in total. The summed E-state index contributed by atoms with van der Waals surface area (Å²) in [6.45, 7) is 8.13. The van der Waals surface area contributed by atoms with E-state index in [1.807, 2.05) is 13.1 Å². The fourth-order valence-electron chi connectivity index (χ4n) is 2.25. The largest absolute Gasteiger partial charge is 0.369 e. The van der Waals surface area contributed by atoms with Crippen LogP contribution in [-0.4, -0.2) is 20.1 Å². The number of hydrogen-bond donors (Lipinski definition) is 1. The second-order valence-electron chi connectivity index (χ2n) is 4.68. The number of hydrogen-bond acceptors (Lipinski definition) is 2. The quantitative estimate of drug-likeness (QED) is 0.795. The second kappa shape index (κ2) is 7.37. The second-order valence-corrected chi connectivity index (χ2v) is 4.68. The van der Waals surface area contributed by atoms with Crippen LogP contribution in [0, 0.1) is 5.82 Å². The molecule has 0 aliphatic rings. The van der Waals surface area contributed by atoms with Crippen LogP contribution in [0.25, 0.3) is 0 Å². The van der Waals surface area contributed by atoms with Crippen LogP contribution in [0.5, 0.6) is 0 Å². The first-order valence-corrected chi connectivity index (χ1v) is 6.86. The molecule has 0 aromatic heterocycles. The Morgan fingerprint density at radius 2 is 1.83 bits per heavy atom. The molecule has 102 valence electrons. The van der Waals surface area contributed by atoms with Crippen LogP contribution in [0.1, 0.15) is 45.2 Å². The van der Waals surface area contributed by atoms with Crippen molar-refractivity contribution in [3.8, 4) is 0 Å². The number of anilines is 1. The lowest BCUT2D eigenvalue weighted by molar-refractivity contribution is 0.593. The highest BCUT2D eigenvalue weighted by atomic mass is 19.1. The highest BCUT2D eigenvalue weighted by Crippen LogP contribution is 2.29. The van der Waals surface area contributed by atoms with Gasteiger partial charge in [0.05, 0.1) is 5.69 Å². The summed E-state index contributed by atoms with van der Waals surface area (Å²) < 4.78 is 14.2. The third-order valence-corrected chi connectivity index (χ3v) is 3.22. The van der Waals surface area contributed by atoms with E-state index in [0.29, 0.717) is 0 Å². The monoisotopic (exact) mass is 252 g/mol. The summed E-state index contributed by atoms with van der Waals surface area (Å²) in [4.78, 5) is 2.17. The van der Waals surface area contributed by atoms with Crippen LogP contribution < -0.4 is 10.2 Å². The van der Waals surface area contributed by atoms with Crippen LogP contribution in [0.3, 0.4) is 0 Å². The number of para-hydroxylation sites is 1. The Kier molecular flexibility index (Phi) is 6.13. The van der Waals surface area contributed by atoms with Gasteiger partial charge >= 0.3 is 0 Å². The predicted molar refractivity (Wildman–Crippen MR) is 76.7 cm³/mol. The molecule has 0 amide bonds. The zero-order chi connectivity index (χ0) is 13.5. The Bertz CT molecular complexity index is 360. The van der Waals surface area contributed by atoms with Gasteiger partial charge in [-0.3, -0.25) is 0 Å². The van der Waals surface area contributed by atoms with E-state index in [9.17, 15) is 4.39 Å². The Hall–Kier alpha value is -1.09. The van der Waals surface area contributed by atoms with Crippen molar-refractivity contribution >= 4 is 5.69 Å². The van der Waals surface area contributed by atoms with E-state index in [1.54, 1.807) is 12.1 Å². The van der Waals surface area contributed by atoms with Crippen LogP contribution in [-0.2, 0) is 0 Å². The summed E-state index contributed by atoms with van der Waals surface area (Å²) in [5.74, 6) is -0.114. The number of nitrogens with one attached hydrogen (secondary N) is 1. The lowest BCUT2D eigenvalue weighted by Gasteiger charge is -2.28. The van der Waals surface area contributed by atoms with Gasteiger partial charge < -0.3 is 10.2 Å². The standard InChI is InChI=1S/C15H25FN2/c1-5-10-18(11-6-2)15-13(12(3)17-4)8-7-9-14(15)16/h7-9,12,17H,5-6,10-11H2,1-4H3. The minimum Gasteiger partial charge on any atom is -0.369 e. The molecule has 1 aromatic carbocycles. The molecule has 0 saturated carbocycles. The normalized spacial score (nSPS) is 12.5. The van der Waals surface area contributed by atoms with Gasteiger partial charge in [-0.2, -0.15) is 0 Å². The van der Waals surface area contributed by atoms with Gasteiger partial charge in [-0.1, -0.05) is 26.0 Å². The molecule has 0 spiro atoms. The van der Waals surface area contributed by atoms with Gasteiger partial charge in [-0.25, -0.2) is 4.39 Å². The minimum atomic E-state index is -0.114. The summed E-state index contributed by atoms with van der Waals surface area (Å²) >= 11 is 0. The zero-order valence-electron chi connectivity index (χ0n) is 12.0. The first-order chi connectivity index (χ1) is 8.65. The molecule has 0 aliphatic heterocycles. The molecule has 1 aromatic rings. The van der Waals surface area contributed by atoms with E-state index in [1.165, 1.54) is 0 Å². The van der Waals surface area contributed by atoms with Gasteiger partial charge in [0.2, 0.25) is 0 Å². The van der Waals surface area contributed by atoms with Gasteiger partial charge in [-0.15, -0.1) is 0 Å². The average Bonchev–Trinajstić information content (AvgIpc) is 2.37. The molecular formula is C15H25FN2. The molecule has 18 heavy (non-hydrogen) atoms. The average molecular weight is 252 g/mol. The topological polar surface area (TPSA) is 15.3 Å². The van der Waals surface area contributed by atoms with E-state index in [4.69, 9.17) is 0 Å². The lowest BCUT2D eigenvalue weighted by atomic mass is 10.0. The number of rotatable bonds is 7.